The summed E-state index contributed by atoms with van der Waals surface area (Å²) < 4.78 is 12.7. The molecule has 0 atom stereocenters. The number of ether oxygens (including phenoxy) is 2. The van der Waals surface area contributed by atoms with Gasteiger partial charge < -0.3 is 20.1 Å². The molecule has 3 rings (SSSR count). The van der Waals surface area contributed by atoms with E-state index in [1.54, 1.807) is 21.3 Å². The summed E-state index contributed by atoms with van der Waals surface area (Å²) in [6, 6.07) is 16.0. The van der Waals surface area contributed by atoms with Gasteiger partial charge in [0, 0.05) is 36.6 Å². The van der Waals surface area contributed by atoms with Crippen LogP contribution in [0.4, 0.5) is 5.69 Å². The van der Waals surface area contributed by atoms with E-state index in [2.05, 4.69) is 34.7 Å². The lowest BCUT2D eigenvalue weighted by Gasteiger charge is -2.14. The maximum Gasteiger partial charge on any atom is 0.195 e. The molecular weight excluding hydrogens is 378 g/mol. The first kappa shape index (κ1) is 21.2. The fourth-order valence-electron chi connectivity index (χ4n) is 3.30. The van der Waals surface area contributed by atoms with Gasteiger partial charge in [0.1, 0.15) is 0 Å². The Morgan fingerprint density at radius 3 is 2.43 bits per heavy atom. The summed E-state index contributed by atoms with van der Waals surface area (Å²) in [4.78, 5) is 4.33. The smallest absolute Gasteiger partial charge is 0.195 e. The Bertz CT molecular complexity index is 1010. The van der Waals surface area contributed by atoms with Crippen molar-refractivity contribution in [1.82, 2.24) is 15.1 Å². The molecule has 1 aromatic heterocycles. The number of anilines is 1. The molecule has 1 heterocycles. The first-order chi connectivity index (χ1) is 14.5. The van der Waals surface area contributed by atoms with Gasteiger partial charge in [0.05, 0.1) is 26.5 Å². The van der Waals surface area contributed by atoms with Gasteiger partial charge in [0.2, 0.25) is 0 Å². The number of aryl methyl sites for hydroxylation is 1. The summed E-state index contributed by atoms with van der Waals surface area (Å²) in [5.41, 5.74) is 5.41. The van der Waals surface area contributed by atoms with Gasteiger partial charge in [-0.1, -0.05) is 30.3 Å². The average molecular weight is 408 g/mol. The molecule has 7 heteroatoms. The topological polar surface area (TPSA) is 72.7 Å². The van der Waals surface area contributed by atoms with E-state index in [9.17, 15) is 0 Å². The minimum atomic E-state index is 0.624. The highest BCUT2D eigenvalue weighted by Crippen LogP contribution is 2.29. The monoisotopic (exact) mass is 407 g/mol. The normalized spacial score (nSPS) is 11.3. The van der Waals surface area contributed by atoms with E-state index >= 15 is 0 Å². The predicted molar refractivity (Wildman–Crippen MR) is 121 cm³/mol. The maximum absolute atomic E-state index is 5.37. The molecule has 30 heavy (non-hydrogen) atoms. The fraction of sp³-hybridized carbons (Fsp3) is 0.304. The zero-order valence-electron chi connectivity index (χ0n) is 18.2. The molecule has 0 radical (unpaired) electrons. The van der Waals surface area contributed by atoms with E-state index in [0.29, 0.717) is 24.0 Å². The minimum absolute atomic E-state index is 0.624. The molecule has 158 valence electrons. The number of methoxy groups -OCH3 is 2. The molecule has 0 spiro atoms. The molecule has 0 unspecified atom stereocenters. The number of aromatic nitrogens is 2. The quantitative estimate of drug-likeness (QED) is 0.461. The molecule has 0 saturated carbocycles. The number of benzene rings is 2. The van der Waals surface area contributed by atoms with Crippen LogP contribution in [0.15, 0.2) is 53.5 Å². The Kier molecular flexibility index (Phi) is 6.95. The number of hydrogen-bond donors (Lipinski definition) is 2. The van der Waals surface area contributed by atoms with Crippen LogP contribution in [0.25, 0.3) is 0 Å². The van der Waals surface area contributed by atoms with Gasteiger partial charge in [-0.3, -0.25) is 9.67 Å². The lowest BCUT2D eigenvalue weighted by molar-refractivity contribution is 0.355. The number of nitrogens with zero attached hydrogens (tertiary/aromatic N) is 3. The number of guanidine groups is 1. The predicted octanol–water partition coefficient (Wildman–Crippen LogP) is 3.75. The molecule has 0 aliphatic carbocycles. The van der Waals surface area contributed by atoms with Crippen LogP contribution in [-0.2, 0) is 13.1 Å². The Labute approximate surface area is 177 Å². The molecule has 0 saturated heterocycles. The lowest BCUT2D eigenvalue weighted by Crippen LogP contribution is -2.30. The zero-order chi connectivity index (χ0) is 21.5. The van der Waals surface area contributed by atoms with Gasteiger partial charge in [-0.15, -0.1) is 0 Å². The third-order valence-corrected chi connectivity index (χ3v) is 5.01. The third-order valence-electron chi connectivity index (χ3n) is 5.01. The van der Waals surface area contributed by atoms with Gasteiger partial charge in [0.15, 0.2) is 17.5 Å². The van der Waals surface area contributed by atoms with Crippen LogP contribution in [0.5, 0.6) is 11.5 Å². The number of aliphatic imine (C=N–C) groups is 1. The van der Waals surface area contributed by atoms with E-state index in [1.165, 1.54) is 11.1 Å². The Balaban J connectivity index is 1.68. The van der Waals surface area contributed by atoms with Gasteiger partial charge >= 0.3 is 0 Å². The highest BCUT2D eigenvalue weighted by Gasteiger charge is 2.13. The van der Waals surface area contributed by atoms with Crippen molar-refractivity contribution < 1.29 is 9.47 Å². The molecule has 0 bridgehead atoms. The Morgan fingerprint density at radius 1 is 1.03 bits per heavy atom. The van der Waals surface area contributed by atoms with Crippen molar-refractivity contribution in [2.45, 2.75) is 26.9 Å². The third kappa shape index (κ3) is 4.92. The molecule has 0 fully saturated rings. The maximum atomic E-state index is 5.37. The summed E-state index contributed by atoms with van der Waals surface area (Å²) in [7, 11) is 4.98. The van der Waals surface area contributed by atoms with Crippen molar-refractivity contribution in [3.63, 3.8) is 0 Å². The highest BCUT2D eigenvalue weighted by molar-refractivity contribution is 5.93. The second-order valence-corrected chi connectivity index (χ2v) is 6.91. The average Bonchev–Trinajstić information content (AvgIpc) is 3.04. The summed E-state index contributed by atoms with van der Waals surface area (Å²) in [5.74, 6) is 2.01. The van der Waals surface area contributed by atoms with Crippen LogP contribution < -0.4 is 20.1 Å². The number of nitrogens with one attached hydrogen (secondary N) is 2. The lowest BCUT2D eigenvalue weighted by atomic mass is 10.2. The van der Waals surface area contributed by atoms with E-state index in [1.807, 2.05) is 48.0 Å². The number of rotatable bonds is 7. The van der Waals surface area contributed by atoms with Crippen LogP contribution in [0, 0.1) is 13.8 Å². The molecule has 3 aromatic rings. The van der Waals surface area contributed by atoms with Crippen LogP contribution in [-0.4, -0.2) is 37.0 Å². The van der Waals surface area contributed by atoms with Crippen molar-refractivity contribution in [3.05, 3.63) is 71.0 Å². The van der Waals surface area contributed by atoms with Crippen LogP contribution in [0.3, 0.4) is 0 Å². The van der Waals surface area contributed by atoms with Crippen LogP contribution >= 0.6 is 0 Å². The summed E-state index contributed by atoms with van der Waals surface area (Å²) in [6.07, 6.45) is 0. The molecule has 2 aromatic carbocycles. The van der Waals surface area contributed by atoms with Gasteiger partial charge in [-0.05, 0) is 31.5 Å². The highest BCUT2D eigenvalue weighted by atomic mass is 16.5. The van der Waals surface area contributed by atoms with Crippen molar-refractivity contribution in [2.24, 2.45) is 4.99 Å². The molecule has 0 aliphatic rings. The second-order valence-electron chi connectivity index (χ2n) is 6.91. The molecule has 0 aliphatic heterocycles. The zero-order valence-corrected chi connectivity index (χ0v) is 18.2. The Hall–Kier alpha value is -3.48. The Morgan fingerprint density at radius 2 is 1.77 bits per heavy atom. The summed E-state index contributed by atoms with van der Waals surface area (Å²) in [6.45, 7) is 5.52. The van der Waals surface area contributed by atoms with E-state index < -0.39 is 0 Å². The van der Waals surface area contributed by atoms with Crippen LogP contribution in [0.1, 0.15) is 22.5 Å². The van der Waals surface area contributed by atoms with Gasteiger partial charge in [0.25, 0.3) is 0 Å². The van der Waals surface area contributed by atoms with Gasteiger partial charge in [-0.25, -0.2) is 0 Å². The summed E-state index contributed by atoms with van der Waals surface area (Å²) in [5, 5.41) is 11.4. The van der Waals surface area contributed by atoms with Crippen molar-refractivity contribution >= 4 is 11.6 Å². The standard InChI is InChI=1S/C23H29N5O2/c1-16-20(17(2)28(27-16)15-18-9-7-6-8-10-18)14-25-23(24-3)26-19-11-12-21(29-4)22(13-19)30-5/h6-13H,14-15H2,1-5H3,(H2,24,25,26). The summed E-state index contributed by atoms with van der Waals surface area (Å²) >= 11 is 0. The van der Waals surface area contributed by atoms with Crippen molar-refractivity contribution in [1.29, 1.82) is 0 Å². The second kappa shape index (κ2) is 9.82. The molecule has 2 N–H and O–H groups in total. The molecule has 0 amide bonds. The largest absolute Gasteiger partial charge is 0.493 e. The van der Waals surface area contributed by atoms with E-state index in [0.717, 1.165) is 23.6 Å². The first-order valence-electron chi connectivity index (χ1n) is 9.82. The van der Waals surface area contributed by atoms with E-state index in [4.69, 9.17) is 14.6 Å². The SMILES string of the molecule is CN=C(NCc1c(C)nn(Cc2ccccc2)c1C)Nc1ccc(OC)c(OC)c1. The van der Waals surface area contributed by atoms with Gasteiger partial charge in [-0.2, -0.15) is 5.10 Å². The molecular formula is C23H29N5O2. The minimum Gasteiger partial charge on any atom is -0.493 e. The van der Waals surface area contributed by atoms with Crippen molar-refractivity contribution in [2.75, 3.05) is 26.6 Å². The first-order valence-corrected chi connectivity index (χ1v) is 9.82. The van der Waals surface area contributed by atoms with E-state index in [-0.39, 0.29) is 0 Å². The van der Waals surface area contributed by atoms with Crippen molar-refractivity contribution in [3.8, 4) is 11.5 Å². The fourth-order valence-corrected chi connectivity index (χ4v) is 3.30. The number of hydrogen-bond acceptors (Lipinski definition) is 4. The van der Waals surface area contributed by atoms with Crippen LogP contribution in [0.2, 0.25) is 0 Å². The molecule has 7 nitrogen and oxygen atoms in total.